The van der Waals surface area contributed by atoms with Crippen molar-refractivity contribution in [3.05, 3.63) is 42.1 Å². The van der Waals surface area contributed by atoms with Crippen molar-refractivity contribution < 1.29 is 4.74 Å². The molecule has 3 rings (SSSR count). The summed E-state index contributed by atoms with van der Waals surface area (Å²) in [5, 5.41) is 6.94. The normalized spacial score (nSPS) is 16.2. The van der Waals surface area contributed by atoms with Gasteiger partial charge in [0.1, 0.15) is 11.6 Å². The van der Waals surface area contributed by atoms with Gasteiger partial charge >= 0.3 is 0 Å². The van der Waals surface area contributed by atoms with Gasteiger partial charge in [-0.3, -0.25) is 4.57 Å². The number of aryl methyl sites for hydroxylation is 1. The maximum Gasteiger partial charge on any atom is 0.191 e. The topological polar surface area (TPSA) is 76.4 Å². The number of imidazole rings is 1. The van der Waals surface area contributed by atoms with Crippen molar-refractivity contribution in [3.63, 3.8) is 0 Å². The highest BCUT2D eigenvalue weighted by Gasteiger charge is 2.33. The Kier molecular flexibility index (Phi) is 7.63. The van der Waals surface area contributed by atoms with Crippen LogP contribution in [-0.4, -0.2) is 47.3 Å². The third-order valence-electron chi connectivity index (χ3n) is 5.78. The molecule has 1 aliphatic carbocycles. The molecule has 0 amide bonds. The van der Waals surface area contributed by atoms with Crippen LogP contribution in [0.5, 0.6) is 0 Å². The fraction of sp³-hybridized carbons (Fsp3) is 0.591. The van der Waals surface area contributed by atoms with E-state index in [-0.39, 0.29) is 0 Å². The highest BCUT2D eigenvalue weighted by molar-refractivity contribution is 5.79. The Balaban J connectivity index is 1.60. The third-order valence-corrected chi connectivity index (χ3v) is 5.78. The van der Waals surface area contributed by atoms with Gasteiger partial charge in [0.25, 0.3) is 0 Å². The van der Waals surface area contributed by atoms with Gasteiger partial charge in [-0.25, -0.2) is 15.0 Å². The van der Waals surface area contributed by atoms with Crippen LogP contribution in [0, 0.1) is 12.3 Å². The highest BCUT2D eigenvalue weighted by atomic mass is 16.5. The first kappa shape index (κ1) is 21.3. The lowest BCUT2D eigenvalue weighted by molar-refractivity contribution is 0.138. The minimum absolute atomic E-state index is 0.331. The lowest BCUT2D eigenvalue weighted by Crippen LogP contribution is -2.43. The molecule has 0 spiro atoms. The zero-order chi connectivity index (χ0) is 20.5. The molecule has 0 unspecified atom stereocenters. The standard InChI is InChI=1S/C22H34N6O/c1-4-23-21(27-17-22(11-14-29-3)9-5-6-10-22)26-16-19-7-8-20(25-15-19)28-13-12-24-18(28)2/h7-8,12-13,15H,4-6,9-11,14,16-17H2,1-3H3,(H2,23,26,27). The maximum absolute atomic E-state index is 5.35. The average Bonchev–Trinajstić information content (AvgIpc) is 3.38. The second-order valence-corrected chi connectivity index (χ2v) is 7.87. The quantitative estimate of drug-likeness (QED) is 0.501. The van der Waals surface area contributed by atoms with Crippen molar-refractivity contribution in [2.75, 3.05) is 26.8 Å². The summed E-state index contributed by atoms with van der Waals surface area (Å²) in [7, 11) is 1.79. The molecule has 1 fully saturated rings. The van der Waals surface area contributed by atoms with Gasteiger partial charge in [-0.15, -0.1) is 0 Å². The number of hydrogen-bond acceptors (Lipinski definition) is 4. The smallest absolute Gasteiger partial charge is 0.191 e. The first-order chi connectivity index (χ1) is 14.2. The van der Waals surface area contributed by atoms with Gasteiger partial charge in [0.15, 0.2) is 5.96 Å². The van der Waals surface area contributed by atoms with Crippen LogP contribution in [0.25, 0.3) is 5.82 Å². The summed E-state index contributed by atoms with van der Waals surface area (Å²) in [6, 6.07) is 4.09. The second-order valence-electron chi connectivity index (χ2n) is 7.87. The van der Waals surface area contributed by atoms with Crippen LogP contribution in [0.3, 0.4) is 0 Å². The van der Waals surface area contributed by atoms with Crippen LogP contribution in [0.1, 0.15) is 50.4 Å². The number of aliphatic imine (C=N–C) groups is 1. The molecule has 1 saturated carbocycles. The molecular formula is C22H34N6O. The largest absolute Gasteiger partial charge is 0.385 e. The van der Waals surface area contributed by atoms with Crippen LogP contribution < -0.4 is 10.6 Å². The Hall–Kier alpha value is -2.41. The molecule has 2 N–H and O–H groups in total. The Morgan fingerprint density at radius 2 is 2.07 bits per heavy atom. The average molecular weight is 399 g/mol. The molecule has 0 radical (unpaired) electrons. The lowest BCUT2D eigenvalue weighted by Gasteiger charge is -2.30. The van der Waals surface area contributed by atoms with E-state index in [4.69, 9.17) is 9.73 Å². The van der Waals surface area contributed by atoms with E-state index in [1.807, 2.05) is 30.0 Å². The molecule has 29 heavy (non-hydrogen) atoms. The number of rotatable bonds is 9. The molecule has 0 bridgehead atoms. The molecule has 2 aromatic heterocycles. The summed E-state index contributed by atoms with van der Waals surface area (Å²) in [4.78, 5) is 13.6. The van der Waals surface area contributed by atoms with Gasteiger partial charge in [0, 0.05) is 45.4 Å². The molecular weight excluding hydrogens is 364 g/mol. The third kappa shape index (κ3) is 5.79. The molecule has 7 nitrogen and oxygen atoms in total. The number of ether oxygens (including phenoxy) is 1. The van der Waals surface area contributed by atoms with Gasteiger partial charge in [-0.05, 0) is 50.2 Å². The molecule has 0 aromatic carbocycles. The molecule has 0 saturated heterocycles. The molecule has 2 heterocycles. The molecule has 7 heteroatoms. The van der Waals surface area contributed by atoms with E-state index >= 15 is 0 Å². The summed E-state index contributed by atoms with van der Waals surface area (Å²) in [6.07, 6.45) is 11.9. The van der Waals surface area contributed by atoms with E-state index in [1.54, 1.807) is 13.3 Å². The number of methoxy groups -OCH3 is 1. The Morgan fingerprint density at radius 1 is 1.24 bits per heavy atom. The van der Waals surface area contributed by atoms with E-state index < -0.39 is 0 Å². The Labute approximate surface area is 174 Å². The van der Waals surface area contributed by atoms with Crippen molar-refractivity contribution in [3.8, 4) is 5.82 Å². The fourth-order valence-corrected chi connectivity index (χ4v) is 4.01. The SMILES string of the molecule is CCNC(=NCc1ccc(-n2ccnc2C)nc1)NCC1(CCOC)CCCC1. The predicted octanol–water partition coefficient (Wildman–Crippen LogP) is 3.23. The fourth-order valence-electron chi connectivity index (χ4n) is 4.01. The van der Waals surface area contributed by atoms with Crippen molar-refractivity contribution in [1.29, 1.82) is 0 Å². The summed E-state index contributed by atoms with van der Waals surface area (Å²) >= 11 is 0. The number of nitrogens with one attached hydrogen (secondary N) is 2. The van der Waals surface area contributed by atoms with Gasteiger partial charge in [-0.2, -0.15) is 0 Å². The molecule has 0 aliphatic heterocycles. The van der Waals surface area contributed by atoms with E-state index in [0.717, 1.165) is 49.3 Å². The van der Waals surface area contributed by atoms with E-state index in [2.05, 4.69) is 33.6 Å². The zero-order valence-electron chi connectivity index (χ0n) is 17.9. The molecule has 158 valence electrons. The molecule has 0 atom stereocenters. The number of guanidine groups is 1. The summed E-state index contributed by atoms with van der Waals surface area (Å²) in [6.45, 7) is 7.27. The van der Waals surface area contributed by atoms with E-state index in [9.17, 15) is 0 Å². The van der Waals surface area contributed by atoms with Crippen molar-refractivity contribution in [2.45, 2.75) is 52.5 Å². The molecule has 2 aromatic rings. The first-order valence-electron chi connectivity index (χ1n) is 10.6. The summed E-state index contributed by atoms with van der Waals surface area (Å²) in [5.74, 6) is 2.67. The number of pyridine rings is 1. The molecule has 1 aliphatic rings. The monoisotopic (exact) mass is 398 g/mol. The van der Waals surface area contributed by atoms with Crippen molar-refractivity contribution in [1.82, 2.24) is 25.2 Å². The minimum atomic E-state index is 0.331. The minimum Gasteiger partial charge on any atom is -0.385 e. The lowest BCUT2D eigenvalue weighted by atomic mass is 9.83. The summed E-state index contributed by atoms with van der Waals surface area (Å²) < 4.78 is 7.32. The Bertz CT molecular complexity index is 777. The Morgan fingerprint density at radius 3 is 2.69 bits per heavy atom. The van der Waals surface area contributed by atoms with E-state index in [0.29, 0.717) is 12.0 Å². The van der Waals surface area contributed by atoms with Crippen LogP contribution in [-0.2, 0) is 11.3 Å². The van der Waals surface area contributed by atoms with Crippen LogP contribution >= 0.6 is 0 Å². The van der Waals surface area contributed by atoms with Crippen LogP contribution in [0.2, 0.25) is 0 Å². The van der Waals surface area contributed by atoms with E-state index in [1.165, 1.54) is 25.7 Å². The first-order valence-corrected chi connectivity index (χ1v) is 10.6. The van der Waals surface area contributed by atoms with Gasteiger partial charge in [-0.1, -0.05) is 18.9 Å². The predicted molar refractivity (Wildman–Crippen MR) is 116 cm³/mol. The van der Waals surface area contributed by atoms with Gasteiger partial charge in [0.2, 0.25) is 0 Å². The van der Waals surface area contributed by atoms with Gasteiger partial charge < -0.3 is 15.4 Å². The van der Waals surface area contributed by atoms with Crippen LogP contribution in [0.15, 0.2) is 35.7 Å². The van der Waals surface area contributed by atoms with Gasteiger partial charge in [0.05, 0.1) is 6.54 Å². The zero-order valence-corrected chi connectivity index (χ0v) is 17.9. The van der Waals surface area contributed by atoms with Crippen molar-refractivity contribution >= 4 is 5.96 Å². The highest BCUT2D eigenvalue weighted by Crippen LogP contribution is 2.40. The number of nitrogens with zero attached hydrogens (tertiary/aromatic N) is 4. The number of hydrogen-bond donors (Lipinski definition) is 2. The number of aromatic nitrogens is 3. The van der Waals surface area contributed by atoms with Crippen LogP contribution in [0.4, 0.5) is 0 Å². The second kappa shape index (κ2) is 10.4. The summed E-state index contributed by atoms with van der Waals surface area (Å²) in [5.41, 5.74) is 1.41. The maximum atomic E-state index is 5.35. The van der Waals surface area contributed by atoms with Crippen molar-refractivity contribution in [2.24, 2.45) is 10.4 Å².